The van der Waals surface area contributed by atoms with Crippen molar-refractivity contribution in [2.24, 2.45) is 0 Å². The molecule has 0 aliphatic rings. The smallest absolute Gasteiger partial charge is 0.0926 e. The monoisotopic (exact) mass is 260 g/mol. The van der Waals surface area contributed by atoms with Gasteiger partial charge in [0, 0.05) is 11.1 Å². The molecule has 1 aromatic heterocycles. The molecule has 2 nitrogen and oxygen atoms in total. The van der Waals surface area contributed by atoms with Crippen LogP contribution in [0, 0.1) is 0 Å². The molecule has 0 spiro atoms. The molecule has 2 rings (SSSR count). The lowest BCUT2D eigenvalue weighted by Crippen LogP contribution is -2.00. The molecule has 96 valence electrons. The van der Waals surface area contributed by atoms with Gasteiger partial charge in [0.1, 0.15) is 0 Å². The maximum atomic E-state index is 4.56. The molecule has 0 amide bonds. The van der Waals surface area contributed by atoms with Crippen molar-refractivity contribution in [1.29, 1.82) is 0 Å². The van der Waals surface area contributed by atoms with Gasteiger partial charge in [0.05, 0.1) is 17.2 Å². The summed E-state index contributed by atoms with van der Waals surface area (Å²) >= 11 is 1.74. The maximum Gasteiger partial charge on any atom is 0.0926 e. The predicted molar refractivity (Wildman–Crippen MR) is 79.3 cm³/mol. The normalized spacial score (nSPS) is 10.9. The number of benzene rings is 1. The van der Waals surface area contributed by atoms with E-state index in [1.165, 1.54) is 16.3 Å². The number of thiazole rings is 1. The van der Waals surface area contributed by atoms with E-state index in [0.717, 1.165) is 18.7 Å². The Morgan fingerprint density at radius 3 is 2.83 bits per heavy atom. The van der Waals surface area contributed by atoms with Crippen molar-refractivity contribution >= 4 is 17.0 Å². The van der Waals surface area contributed by atoms with Crippen LogP contribution >= 0.6 is 11.3 Å². The van der Waals surface area contributed by atoms with E-state index >= 15 is 0 Å². The number of rotatable bonds is 5. The highest BCUT2D eigenvalue weighted by atomic mass is 32.1. The average Bonchev–Trinajstić information content (AvgIpc) is 2.84. The molecule has 2 aromatic rings. The van der Waals surface area contributed by atoms with E-state index in [1.807, 2.05) is 0 Å². The quantitative estimate of drug-likeness (QED) is 0.859. The molecule has 0 unspecified atom stereocenters. The van der Waals surface area contributed by atoms with Crippen LogP contribution in [0.15, 0.2) is 29.6 Å². The zero-order valence-electron chi connectivity index (χ0n) is 11.2. The number of nitrogens with zero attached hydrogens (tertiary/aromatic N) is 1. The van der Waals surface area contributed by atoms with Crippen LogP contribution < -0.4 is 5.32 Å². The van der Waals surface area contributed by atoms with Crippen LogP contribution in [0.5, 0.6) is 0 Å². The van der Waals surface area contributed by atoms with Gasteiger partial charge in [0.2, 0.25) is 0 Å². The molecule has 0 radical (unpaired) electrons. The summed E-state index contributed by atoms with van der Waals surface area (Å²) in [6.45, 7) is 7.38. The van der Waals surface area contributed by atoms with Crippen molar-refractivity contribution in [3.05, 3.63) is 45.9 Å². The Morgan fingerprint density at radius 1 is 1.33 bits per heavy atom. The van der Waals surface area contributed by atoms with Crippen LogP contribution in [0.2, 0.25) is 0 Å². The Morgan fingerprint density at radius 2 is 2.17 bits per heavy atom. The maximum absolute atomic E-state index is 4.56. The molecule has 0 saturated carbocycles. The minimum atomic E-state index is 0.567. The van der Waals surface area contributed by atoms with E-state index in [2.05, 4.69) is 60.7 Å². The Labute approximate surface area is 113 Å². The third-order valence-electron chi connectivity index (χ3n) is 2.93. The highest BCUT2D eigenvalue weighted by Crippen LogP contribution is 2.19. The third kappa shape index (κ3) is 3.33. The lowest BCUT2D eigenvalue weighted by molar-refractivity contribution is 0.866. The van der Waals surface area contributed by atoms with E-state index in [9.17, 15) is 0 Å². The minimum absolute atomic E-state index is 0.567. The molecule has 0 atom stereocenters. The zero-order chi connectivity index (χ0) is 13.0. The fourth-order valence-electron chi connectivity index (χ4n) is 1.79. The van der Waals surface area contributed by atoms with E-state index in [-0.39, 0.29) is 0 Å². The summed E-state index contributed by atoms with van der Waals surface area (Å²) in [7, 11) is 0. The van der Waals surface area contributed by atoms with Gasteiger partial charge in [-0.15, -0.1) is 11.3 Å². The molecular weight excluding hydrogens is 240 g/mol. The van der Waals surface area contributed by atoms with Crippen molar-refractivity contribution in [2.45, 2.75) is 39.7 Å². The fraction of sp³-hybridized carbons (Fsp3) is 0.400. The highest BCUT2D eigenvalue weighted by Gasteiger charge is 2.02. The second-order valence-corrected chi connectivity index (χ2v) is 5.66. The van der Waals surface area contributed by atoms with E-state index in [1.54, 1.807) is 11.3 Å². The predicted octanol–water partition coefficient (Wildman–Crippen LogP) is 4.44. The fourth-order valence-corrected chi connectivity index (χ4v) is 2.54. The Kier molecular flexibility index (Phi) is 4.37. The van der Waals surface area contributed by atoms with Crippen molar-refractivity contribution in [3.8, 4) is 0 Å². The summed E-state index contributed by atoms with van der Waals surface area (Å²) in [5.74, 6) is 0.567. The number of nitrogens with one attached hydrogen (secondary N) is 1. The van der Waals surface area contributed by atoms with E-state index in [0.29, 0.717) is 5.92 Å². The summed E-state index contributed by atoms with van der Waals surface area (Å²) in [5, 5.41) is 6.79. The number of aromatic nitrogens is 1. The first-order valence-corrected chi connectivity index (χ1v) is 7.34. The lowest BCUT2D eigenvalue weighted by Gasteiger charge is -2.09. The second kappa shape index (κ2) is 6.01. The van der Waals surface area contributed by atoms with Gasteiger partial charge in [-0.1, -0.05) is 32.9 Å². The van der Waals surface area contributed by atoms with E-state index in [4.69, 9.17) is 0 Å². The van der Waals surface area contributed by atoms with Gasteiger partial charge in [-0.05, 0) is 30.0 Å². The number of anilines is 1. The van der Waals surface area contributed by atoms with Gasteiger partial charge in [-0.25, -0.2) is 4.98 Å². The van der Waals surface area contributed by atoms with Crippen LogP contribution in [-0.2, 0) is 13.0 Å². The summed E-state index contributed by atoms with van der Waals surface area (Å²) in [6.07, 6.45) is 1.02. The molecular formula is C15H20N2S. The van der Waals surface area contributed by atoms with Gasteiger partial charge < -0.3 is 5.32 Å². The Balaban J connectivity index is 1.99. The van der Waals surface area contributed by atoms with Crippen LogP contribution in [0.1, 0.15) is 43.0 Å². The molecule has 18 heavy (non-hydrogen) atoms. The van der Waals surface area contributed by atoms with E-state index < -0.39 is 0 Å². The van der Waals surface area contributed by atoms with Gasteiger partial charge in [-0.2, -0.15) is 0 Å². The molecule has 0 aliphatic carbocycles. The first kappa shape index (κ1) is 13.1. The van der Waals surface area contributed by atoms with Crippen LogP contribution in [-0.4, -0.2) is 4.98 Å². The van der Waals surface area contributed by atoms with Gasteiger partial charge >= 0.3 is 0 Å². The zero-order valence-corrected chi connectivity index (χ0v) is 12.1. The Hall–Kier alpha value is -1.35. The van der Waals surface area contributed by atoms with Gasteiger partial charge in [0.15, 0.2) is 0 Å². The largest absolute Gasteiger partial charge is 0.379 e. The molecule has 0 fully saturated rings. The van der Waals surface area contributed by atoms with Crippen LogP contribution in [0.25, 0.3) is 0 Å². The molecule has 1 N–H and O–H groups in total. The van der Waals surface area contributed by atoms with Crippen molar-refractivity contribution < 1.29 is 0 Å². The molecule has 0 saturated heterocycles. The summed E-state index contributed by atoms with van der Waals surface area (Å²) in [5.41, 5.74) is 3.67. The highest BCUT2D eigenvalue weighted by molar-refractivity contribution is 7.09. The second-order valence-electron chi connectivity index (χ2n) is 4.72. The molecule has 0 aliphatic heterocycles. The molecule has 0 bridgehead atoms. The minimum Gasteiger partial charge on any atom is -0.379 e. The summed E-state index contributed by atoms with van der Waals surface area (Å²) < 4.78 is 0. The van der Waals surface area contributed by atoms with Crippen molar-refractivity contribution in [2.75, 3.05) is 5.32 Å². The summed E-state index contributed by atoms with van der Waals surface area (Å²) in [6, 6.07) is 8.61. The van der Waals surface area contributed by atoms with Crippen LogP contribution in [0.4, 0.5) is 5.69 Å². The average molecular weight is 260 g/mol. The molecule has 1 aromatic carbocycles. The molecule has 1 heterocycles. The van der Waals surface area contributed by atoms with Crippen molar-refractivity contribution in [3.63, 3.8) is 0 Å². The number of hydrogen-bond donors (Lipinski definition) is 1. The SMILES string of the molecule is CCc1nc(CNc2cccc(C(C)C)c2)cs1. The van der Waals surface area contributed by atoms with Gasteiger partial charge in [-0.3, -0.25) is 0 Å². The third-order valence-corrected chi connectivity index (χ3v) is 3.97. The topological polar surface area (TPSA) is 24.9 Å². The number of hydrogen-bond acceptors (Lipinski definition) is 3. The Bertz CT molecular complexity index is 503. The first-order chi connectivity index (χ1) is 8.69. The molecule has 3 heteroatoms. The first-order valence-electron chi connectivity index (χ1n) is 6.46. The van der Waals surface area contributed by atoms with Crippen molar-refractivity contribution in [1.82, 2.24) is 4.98 Å². The van der Waals surface area contributed by atoms with Crippen LogP contribution in [0.3, 0.4) is 0 Å². The number of aryl methyl sites for hydroxylation is 1. The summed E-state index contributed by atoms with van der Waals surface area (Å²) in [4.78, 5) is 4.56. The lowest BCUT2D eigenvalue weighted by atomic mass is 10.0. The van der Waals surface area contributed by atoms with Gasteiger partial charge in [0.25, 0.3) is 0 Å². The standard InChI is InChI=1S/C15H20N2S/c1-4-15-17-14(10-18-15)9-16-13-7-5-6-12(8-13)11(2)3/h5-8,10-11,16H,4,9H2,1-3H3.